The number of alkyl halides is 2. The molecule has 5 heteroatoms. The average Bonchev–Trinajstić information content (AvgIpc) is 2.37. The van der Waals surface area contributed by atoms with Crippen molar-refractivity contribution in [3.05, 3.63) is 16.6 Å². The molecule has 0 atom stereocenters. The van der Waals surface area contributed by atoms with Gasteiger partial charge in [-0.05, 0) is 0 Å². The van der Waals surface area contributed by atoms with Gasteiger partial charge < -0.3 is 5.11 Å². The molecule has 0 aromatic carbocycles. The summed E-state index contributed by atoms with van der Waals surface area (Å²) < 4.78 is 25.5. The summed E-state index contributed by atoms with van der Waals surface area (Å²) in [6, 6.07) is 0. The summed E-state index contributed by atoms with van der Waals surface area (Å²) in [7, 11) is 0. The Morgan fingerprint density at radius 2 is 2.36 bits per heavy atom. The van der Waals surface area contributed by atoms with E-state index in [0.717, 1.165) is 11.3 Å². The Morgan fingerprint density at radius 1 is 1.64 bits per heavy atom. The van der Waals surface area contributed by atoms with Crippen molar-refractivity contribution in [2.75, 3.05) is 6.61 Å². The fraction of sp³-hybridized carbons (Fsp3) is 0.500. The number of hydrogen-bond donors (Lipinski definition) is 1. The van der Waals surface area contributed by atoms with Crippen LogP contribution in [0.3, 0.4) is 0 Å². The summed E-state index contributed by atoms with van der Waals surface area (Å²) >= 11 is 1.12. The molecule has 1 aromatic rings. The van der Waals surface area contributed by atoms with Crippen LogP contribution < -0.4 is 0 Å². The molecule has 0 radical (unpaired) electrons. The fourth-order valence-electron chi connectivity index (χ4n) is 0.662. The molecule has 0 unspecified atom stereocenters. The van der Waals surface area contributed by atoms with Gasteiger partial charge in [-0.3, -0.25) is 0 Å². The van der Waals surface area contributed by atoms with Crippen LogP contribution in [0.2, 0.25) is 0 Å². The van der Waals surface area contributed by atoms with Gasteiger partial charge in [0, 0.05) is 18.4 Å². The molecule has 0 spiro atoms. The maximum Gasteiger partial charge on any atom is 0.292 e. The molecule has 1 aromatic heterocycles. The van der Waals surface area contributed by atoms with Crippen molar-refractivity contribution >= 4 is 11.3 Å². The Labute approximate surface area is 66.5 Å². The minimum Gasteiger partial charge on any atom is -0.396 e. The van der Waals surface area contributed by atoms with Crippen LogP contribution in [0.1, 0.15) is 12.1 Å². The first kappa shape index (κ1) is 8.55. The standard InChI is InChI=1S/C6H7F2NOS/c7-6(8,1-2-10)5-3-11-4-9-5/h3-4,10H,1-2H2. The molecule has 0 saturated carbocycles. The second-order valence-corrected chi connectivity index (χ2v) is 2.77. The summed E-state index contributed by atoms with van der Waals surface area (Å²) in [4.78, 5) is 3.46. The van der Waals surface area contributed by atoms with E-state index in [4.69, 9.17) is 5.11 Å². The number of aromatic nitrogens is 1. The van der Waals surface area contributed by atoms with Crippen LogP contribution in [0, 0.1) is 0 Å². The van der Waals surface area contributed by atoms with E-state index in [-0.39, 0.29) is 5.69 Å². The van der Waals surface area contributed by atoms with Crippen molar-refractivity contribution in [2.24, 2.45) is 0 Å². The first-order valence-electron chi connectivity index (χ1n) is 3.04. The molecule has 2 nitrogen and oxygen atoms in total. The Balaban J connectivity index is 2.73. The summed E-state index contributed by atoms with van der Waals surface area (Å²) in [5.41, 5.74) is 1.09. The highest BCUT2D eigenvalue weighted by Crippen LogP contribution is 2.30. The molecule has 0 bridgehead atoms. The molecule has 1 N–H and O–H groups in total. The quantitative estimate of drug-likeness (QED) is 0.764. The van der Waals surface area contributed by atoms with E-state index in [1.54, 1.807) is 0 Å². The van der Waals surface area contributed by atoms with Crippen molar-refractivity contribution in [1.29, 1.82) is 0 Å². The summed E-state index contributed by atoms with van der Waals surface area (Å²) in [5.74, 6) is -2.98. The third kappa shape index (κ3) is 1.94. The molecule has 0 saturated heterocycles. The zero-order chi connectivity index (χ0) is 8.32. The first-order chi connectivity index (χ1) is 5.17. The largest absolute Gasteiger partial charge is 0.396 e. The number of aliphatic hydroxyl groups is 1. The second kappa shape index (κ2) is 3.23. The average molecular weight is 179 g/mol. The van der Waals surface area contributed by atoms with Crippen LogP contribution in [0.25, 0.3) is 0 Å². The minimum atomic E-state index is -2.98. The van der Waals surface area contributed by atoms with Crippen LogP contribution in [0.15, 0.2) is 10.9 Å². The van der Waals surface area contributed by atoms with E-state index in [2.05, 4.69) is 4.98 Å². The zero-order valence-electron chi connectivity index (χ0n) is 5.63. The molecule has 1 heterocycles. The Hall–Kier alpha value is -0.550. The van der Waals surface area contributed by atoms with Crippen LogP contribution >= 0.6 is 11.3 Å². The number of aliphatic hydroxyl groups excluding tert-OH is 1. The van der Waals surface area contributed by atoms with E-state index in [9.17, 15) is 8.78 Å². The van der Waals surface area contributed by atoms with E-state index in [1.807, 2.05) is 0 Å². The van der Waals surface area contributed by atoms with Crippen molar-refractivity contribution in [3.8, 4) is 0 Å². The molecule has 0 aliphatic rings. The molecule has 0 aliphatic heterocycles. The van der Waals surface area contributed by atoms with E-state index >= 15 is 0 Å². The van der Waals surface area contributed by atoms with Gasteiger partial charge in [-0.15, -0.1) is 11.3 Å². The molecular weight excluding hydrogens is 172 g/mol. The van der Waals surface area contributed by atoms with E-state index in [1.165, 1.54) is 10.9 Å². The monoisotopic (exact) mass is 179 g/mol. The van der Waals surface area contributed by atoms with Crippen molar-refractivity contribution in [2.45, 2.75) is 12.3 Å². The van der Waals surface area contributed by atoms with E-state index < -0.39 is 19.0 Å². The highest BCUT2D eigenvalue weighted by Gasteiger charge is 2.32. The Bertz CT molecular complexity index is 212. The van der Waals surface area contributed by atoms with Crippen LogP contribution in [0.4, 0.5) is 8.78 Å². The molecule has 62 valence electrons. The normalized spacial score (nSPS) is 11.9. The third-order valence-electron chi connectivity index (χ3n) is 1.23. The fourth-order valence-corrected chi connectivity index (χ4v) is 1.26. The van der Waals surface area contributed by atoms with Gasteiger partial charge in [0.15, 0.2) is 0 Å². The van der Waals surface area contributed by atoms with Gasteiger partial charge in [0.05, 0.1) is 5.51 Å². The minimum absolute atomic E-state index is 0.253. The van der Waals surface area contributed by atoms with Crippen LogP contribution in [0.5, 0.6) is 0 Å². The number of nitrogens with zero attached hydrogens (tertiary/aromatic N) is 1. The smallest absolute Gasteiger partial charge is 0.292 e. The lowest BCUT2D eigenvalue weighted by Crippen LogP contribution is -2.15. The SMILES string of the molecule is OCCC(F)(F)c1cscn1. The predicted octanol–water partition coefficient (Wildman–Crippen LogP) is 1.62. The lowest BCUT2D eigenvalue weighted by Gasteiger charge is -2.10. The van der Waals surface area contributed by atoms with Crippen LogP contribution in [-0.2, 0) is 5.92 Å². The number of rotatable bonds is 3. The Kier molecular flexibility index (Phi) is 2.51. The van der Waals surface area contributed by atoms with Crippen molar-refractivity contribution in [3.63, 3.8) is 0 Å². The van der Waals surface area contributed by atoms with Gasteiger partial charge in [0.25, 0.3) is 5.92 Å². The summed E-state index contributed by atoms with van der Waals surface area (Å²) in [6.07, 6.45) is -0.559. The lowest BCUT2D eigenvalue weighted by molar-refractivity contribution is -0.0304. The summed E-state index contributed by atoms with van der Waals surface area (Å²) in [5, 5.41) is 9.58. The lowest BCUT2D eigenvalue weighted by atomic mass is 10.2. The van der Waals surface area contributed by atoms with E-state index in [0.29, 0.717) is 0 Å². The van der Waals surface area contributed by atoms with Gasteiger partial charge >= 0.3 is 0 Å². The zero-order valence-corrected chi connectivity index (χ0v) is 6.44. The topological polar surface area (TPSA) is 33.1 Å². The molecule has 11 heavy (non-hydrogen) atoms. The molecular formula is C6H7F2NOS. The highest BCUT2D eigenvalue weighted by atomic mass is 32.1. The third-order valence-corrected chi connectivity index (χ3v) is 1.82. The Morgan fingerprint density at radius 3 is 2.82 bits per heavy atom. The van der Waals surface area contributed by atoms with Crippen LogP contribution in [-0.4, -0.2) is 16.7 Å². The van der Waals surface area contributed by atoms with Gasteiger partial charge in [0.2, 0.25) is 0 Å². The van der Waals surface area contributed by atoms with Gasteiger partial charge in [0.1, 0.15) is 5.69 Å². The maximum atomic E-state index is 12.8. The van der Waals surface area contributed by atoms with Crippen molar-refractivity contribution in [1.82, 2.24) is 4.98 Å². The maximum absolute atomic E-state index is 12.8. The summed E-state index contributed by atoms with van der Waals surface area (Å²) in [6.45, 7) is -0.523. The molecule has 0 amide bonds. The highest BCUT2D eigenvalue weighted by molar-refractivity contribution is 7.07. The van der Waals surface area contributed by atoms with Crippen molar-refractivity contribution < 1.29 is 13.9 Å². The first-order valence-corrected chi connectivity index (χ1v) is 3.98. The number of thiazole rings is 1. The van der Waals surface area contributed by atoms with Gasteiger partial charge in [-0.25, -0.2) is 4.98 Å². The van der Waals surface area contributed by atoms with Gasteiger partial charge in [-0.2, -0.15) is 8.78 Å². The predicted molar refractivity (Wildman–Crippen MR) is 37.7 cm³/mol. The molecule has 0 fully saturated rings. The number of hydrogen-bond acceptors (Lipinski definition) is 3. The van der Waals surface area contributed by atoms with Gasteiger partial charge in [-0.1, -0.05) is 0 Å². The molecule has 1 rings (SSSR count). The number of halogens is 2. The molecule has 0 aliphatic carbocycles. The second-order valence-electron chi connectivity index (χ2n) is 2.05.